The van der Waals surface area contributed by atoms with Crippen LogP contribution in [-0.2, 0) is 14.9 Å². The van der Waals surface area contributed by atoms with Crippen molar-refractivity contribution in [2.24, 2.45) is 0 Å². The monoisotopic (exact) mass is 463 g/mol. The Hall–Kier alpha value is -4.15. The lowest BCUT2D eigenvalue weighted by Gasteiger charge is -2.12. The molecule has 0 aliphatic heterocycles. The van der Waals surface area contributed by atoms with Crippen molar-refractivity contribution in [3.8, 4) is 45.7 Å². The highest BCUT2D eigenvalue weighted by molar-refractivity contribution is 7.86. The molecule has 0 saturated carbocycles. The van der Waals surface area contributed by atoms with Crippen LogP contribution in [0.25, 0.3) is 34.2 Å². The lowest BCUT2D eigenvalue weighted by atomic mass is 10.1. The van der Waals surface area contributed by atoms with Gasteiger partial charge in [-0.15, -0.1) is 0 Å². The van der Waals surface area contributed by atoms with Crippen molar-refractivity contribution < 1.29 is 27.6 Å². The van der Waals surface area contributed by atoms with Crippen LogP contribution in [0, 0.1) is 0 Å². The summed E-state index contributed by atoms with van der Waals surface area (Å²) in [4.78, 5) is 24.0. The molecule has 2 N–H and O–H groups in total. The highest BCUT2D eigenvalue weighted by atomic mass is 32.2. The Kier molecular flexibility index (Phi) is 5.86. The minimum atomic E-state index is -4.81. The number of esters is 1. The van der Waals surface area contributed by atoms with Gasteiger partial charge in [0.15, 0.2) is 23.2 Å². The molecule has 4 rings (SSSR count). The molecule has 3 aromatic carbocycles. The van der Waals surface area contributed by atoms with E-state index < -0.39 is 32.5 Å². The van der Waals surface area contributed by atoms with Crippen LogP contribution in [0.2, 0.25) is 0 Å². The van der Waals surface area contributed by atoms with Crippen LogP contribution in [0.1, 0.15) is 6.92 Å². The number of hydrogen-bond donors (Lipinski definition) is 2. The number of nitrogens with zero attached hydrogens (tertiary/aromatic N) is 3. The smallest absolute Gasteiger partial charge is 0.308 e. The average Bonchev–Trinajstić information content (AvgIpc) is 2.79. The van der Waals surface area contributed by atoms with E-state index in [2.05, 4.69) is 15.0 Å². The van der Waals surface area contributed by atoms with Gasteiger partial charge >= 0.3 is 5.97 Å². The summed E-state index contributed by atoms with van der Waals surface area (Å²) in [5, 5.41) is 10.6. The van der Waals surface area contributed by atoms with Crippen LogP contribution < -0.4 is 4.74 Å². The fraction of sp³-hybridized carbons (Fsp3) is 0.0435. The van der Waals surface area contributed by atoms with E-state index in [0.717, 1.165) is 19.1 Å². The maximum atomic E-state index is 11.9. The predicted molar refractivity (Wildman–Crippen MR) is 119 cm³/mol. The molecule has 0 amide bonds. The number of phenols is 1. The van der Waals surface area contributed by atoms with Crippen LogP contribution in [-0.4, -0.2) is 39.0 Å². The Morgan fingerprint density at radius 3 is 1.76 bits per heavy atom. The molecule has 10 heteroatoms. The maximum absolute atomic E-state index is 11.9. The first-order valence-electron chi connectivity index (χ1n) is 9.62. The molecule has 4 aromatic rings. The number of aromatic hydroxyl groups is 1. The van der Waals surface area contributed by atoms with Gasteiger partial charge in [0, 0.05) is 24.1 Å². The van der Waals surface area contributed by atoms with E-state index in [0.29, 0.717) is 11.1 Å². The van der Waals surface area contributed by atoms with Gasteiger partial charge < -0.3 is 9.84 Å². The first kappa shape index (κ1) is 22.1. The Morgan fingerprint density at radius 2 is 1.30 bits per heavy atom. The van der Waals surface area contributed by atoms with E-state index >= 15 is 0 Å². The van der Waals surface area contributed by atoms with Gasteiger partial charge in [-0.25, -0.2) is 15.0 Å². The van der Waals surface area contributed by atoms with Gasteiger partial charge in [0.25, 0.3) is 10.1 Å². The zero-order valence-corrected chi connectivity index (χ0v) is 18.0. The molecule has 0 unspecified atom stereocenters. The second kappa shape index (κ2) is 8.77. The summed E-state index contributed by atoms with van der Waals surface area (Å²) < 4.78 is 38.4. The summed E-state index contributed by atoms with van der Waals surface area (Å²) in [7, 11) is -4.81. The van der Waals surface area contributed by atoms with Crippen molar-refractivity contribution in [1.29, 1.82) is 0 Å². The molecule has 0 spiro atoms. The van der Waals surface area contributed by atoms with Gasteiger partial charge in [-0.3, -0.25) is 9.35 Å². The zero-order valence-electron chi connectivity index (χ0n) is 17.2. The summed E-state index contributed by atoms with van der Waals surface area (Å²) in [6, 6.07) is 19.9. The van der Waals surface area contributed by atoms with Crippen molar-refractivity contribution in [3.63, 3.8) is 0 Å². The third kappa shape index (κ3) is 4.86. The number of phenolic OH excluding ortho intramolecular Hbond substituents is 1. The van der Waals surface area contributed by atoms with Gasteiger partial charge in [0.1, 0.15) is 10.6 Å². The largest absolute Gasteiger partial charge is 0.507 e. The summed E-state index contributed by atoms with van der Waals surface area (Å²) in [6.45, 7) is 1.06. The van der Waals surface area contributed by atoms with Gasteiger partial charge in [0.05, 0.1) is 5.56 Å². The minimum absolute atomic E-state index is 0.0421. The Morgan fingerprint density at radius 1 is 0.818 bits per heavy atom. The molecular weight excluding hydrogens is 446 g/mol. The van der Waals surface area contributed by atoms with Crippen LogP contribution >= 0.6 is 0 Å². The Balaban J connectivity index is 1.97. The van der Waals surface area contributed by atoms with E-state index in [1.165, 1.54) is 0 Å². The van der Waals surface area contributed by atoms with E-state index in [9.17, 15) is 22.9 Å². The number of benzene rings is 3. The quantitative estimate of drug-likeness (QED) is 0.257. The Labute approximate surface area is 189 Å². The molecule has 9 nitrogen and oxygen atoms in total. The third-order valence-corrected chi connectivity index (χ3v) is 5.41. The highest BCUT2D eigenvalue weighted by Gasteiger charge is 2.24. The molecule has 0 fully saturated rings. The third-order valence-electron chi connectivity index (χ3n) is 4.53. The van der Waals surface area contributed by atoms with Gasteiger partial charge in [-0.1, -0.05) is 60.7 Å². The van der Waals surface area contributed by atoms with Crippen LogP contribution in [0.4, 0.5) is 0 Å². The molecule has 0 bridgehead atoms. The molecule has 0 radical (unpaired) electrons. The normalized spacial score (nSPS) is 11.2. The number of ether oxygens (including phenoxy) is 1. The summed E-state index contributed by atoms with van der Waals surface area (Å²) in [5.41, 5.74) is 1.24. The number of hydrogen-bond acceptors (Lipinski definition) is 8. The van der Waals surface area contributed by atoms with E-state index in [4.69, 9.17) is 4.74 Å². The number of carbonyl (C=O) groups excluding carboxylic acids is 1. The minimum Gasteiger partial charge on any atom is -0.507 e. The summed E-state index contributed by atoms with van der Waals surface area (Å²) in [5.74, 6) is -1.27. The van der Waals surface area contributed by atoms with E-state index in [1.54, 1.807) is 24.3 Å². The lowest BCUT2D eigenvalue weighted by Crippen LogP contribution is -2.08. The van der Waals surface area contributed by atoms with Crippen molar-refractivity contribution in [2.45, 2.75) is 11.8 Å². The lowest BCUT2D eigenvalue weighted by molar-refractivity contribution is -0.132. The molecule has 0 atom stereocenters. The maximum Gasteiger partial charge on any atom is 0.308 e. The molecular formula is C23H17N3O6S. The van der Waals surface area contributed by atoms with Gasteiger partial charge in [0.2, 0.25) is 0 Å². The fourth-order valence-electron chi connectivity index (χ4n) is 3.09. The summed E-state index contributed by atoms with van der Waals surface area (Å²) in [6.07, 6.45) is 0. The summed E-state index contributed by atoms with van der Waals surface area (Å²) >= 11 is 0. The molecule has 0 aliphatic carbocycles. The number of carbonyl (C=O) groups is 1. The first-order valence-corrected chi connectivity index (χ1v) is 11.1. The second-order valence-corrected chi connectivity index (χ2v) is 8.31. The van der Waals surface area contributed by atoms with Crippen molar-refractivity contribution in [3.05, 3.63) is 72.8 Å². The first-order chi connectivity index (χ1) is 15.7. The number of aromatic nitrogens is 3. The van der Waals surface area contributed by atoms with Crippen LogP contribution in [0.3, 0.4) is 0 Å². The van der Waals surface area contributed by atoms with Crippen molar-refractivity contribution >= 4 is 16.1 Å². The zero-order chi connectivity index (χ0) is 23.6. The molecule has 0 saturated heterocycles. The van der Waals surface area contributed by atoms with Crippen LogP contribution in [0.5, 0.6) is 11.5 Å². The second-order valence-electron chi connectivity index (χ2n) is 6.92. The fourth-order valence-corrected chi connectivity index (χ4v) is 3.72. The average molecular weight is 463 g/mol. The van der Waals surface area contributed by atoms with Crippen molar-refractivity contribution in [1.82, 2.24) is 15.0 Å². The van der Waals surface area contributed by atoms with Crippen LogP contribution in [0.15, 0.2) is 77.7 Å². The van der Waals surface area contributed by atoms with Gasteiger partial charge in [-0.2, -0.15) is 8.42 Å². The predicted octanol–water partition coefficient (Wildman–Crippen LogP) is 3.75. The highest BCUT2D eigenvalue weighted by Crippen LogP contribution is 2.37. The molecule has 0 aliphatic rings. The molecule has 166 valence electrons. The topological polar surface area (TPSA) is 140 Å². The molecule has 1 aromatic heterocycles. The van der Waals surface area contributed by atoms with Gasteiger partial charge in [-0.05, 0) is 6.07 Å². The van der Waals surface area contributed by atoms with Crippen molar-refractivity contribution in [2.75, 3.05) is 0 Å². The van der Waals surface area contributed by atoms with E-state index in [-0.39, 0.29) is 23.0 Å². The number of rotatable bonds is 5. The molecule has 33 heavy (non-hydrogen) atoms. The van der Waals surface area contributed by atoms with E-state index in [1.807, 2.05) is 36.4 Å². The molecule has 1 heterocycles. The SMILES string of the molecule is CC(=O)Oc1cc(O)c(-c2nc(-c3ccccc3)nc(-c3ccccc3)n2)cc1S(=O)(=O)O. The standard InChI is InChI=1S/C23H17N3O6S/c1-14(27)32-19-13-18(28)17(12-20(19)33(29,30)31)23-25-21(15-8-4-2-5-9-15)24-22(26-23)16-10-6-3-7-11-16/h2-13,28H,1H3,(H,29,30,31). The Bertz CT molecular complexity index is 1380.